The van der Waals surface area contributed by atoms with E-state index in [0.717, 1.165) is 27.3 Å². The number of hydrogen-bond acceptors (Lipinski definition) is 7. The van der Waals surface area contributed by atoms with Crippen molar-refractivity contribution in [2.45, 2.75) is 54.3 Å². The van der Waals surface area contributed by atoms with Gasteiger partial charge in [0.2, 0.25) is 0 Å². The Labute approximate surface area is 245 Å². The van der Waals surface area contributed by atoms with Gasteiger partial charge in [-0.25, -0.2) is 0 Å². The molecule has 0 spiro atoms. The van der Waals surface area contributed by atoms with Gasteiger partial charge in [-0.2, -0.15) is 0 Å². The predicted molar refractivity (Wildman–Crippen MR) is 158 cm³/mol. The van der Waals surface area contributed by atoms with Crippen molar-refractivity contribution in [2.75, 3.05) is 13.7 Å². The zero-order chi connectivity index (χ0) is 27.9. The maximum atomic E-state index is 6.71. The minimum atomic E-state index is -0.554. The molecular weight excluding hydrogens is 536 g/mol. The Morgan fingerprint density at radius 2 is 1.27 bits per heavy atom. The summed E-state index contributed by atoms with van der Waals surface area (Å²) >= 11 is 1.64. The summed E-state index contributed by atoms with van der Waals surface area (Å²) in [7, 11) is 1.65. The van der Waals surface area contributed by atoms with Gasteiger partial charge < -0.3 is 28.4 Å². The molecule has 0 aliphatic carbocycles. The van der Waals surface area contributed by atoms with Gasteiger partial charge in [0.25, 0.3) is 0 Å². The van der Waals surface area contributed by atoms with Gasteiger partial charge in [-0.15, -0.1) is 0 Å². The van der Waals surface area contributed by atoms with Crippen molar-refractivity contribution in [3.05, 3.63) is 132 Å². The second-order valence-electron chi connectivity index (χ2n) is 10.0. The minimum absolute atomic E-state index is 0.317. The van der Waals surface area contributed by atoms with Crippen molar-refractivity contribution in [1.29, 1.82) is 0 Å². The largest absolute Gasteiger partial charge is 0.497 e. The Morgan fingerprint density at radius 3 is 1.88 bits per heavy atom. The number of thioether (sulfide) groups is 1. The van der Waals surface area contributed by atoms with Crippen LogP contribution in [0.25, 0.3) is 0 Å². The maximum Gasteiger partial charge on any atom is 0.184 e. The summed E-state index contributed by atoms with van der Waals surface area (Å²) in [5.74, 6) is 0.780. The van der Waals surface area contributed by atoms with E-state index in [-0.39, 0.29) is 11.5 Å². The van der Waals surface area contributed by atoms with Crippen LogP contribution in [0.1, 0.15) is 23.0 Å². The second kappa shape index (κ2) is 13.7. The molecule has 0 bridgehead atoms. The molecule has 6 atom stereocenters. The number of ether oxygens (including phenoxy) is 6. The molecule has 0 N–H and O–H groups in total. The van der Waals surface area contributed by atoms with E-state index in [0.29, 0.717) is 19.8 Å². The molecule has 2 aliphatic rings. The lowest BCUT2D eigenvalue weighted by Gasteiger charge is -2.49. The van der Waals surface area contributed by atoms with E-state index in [2.05, 4.69) is 36.4 Å². The lowest BCUT2D eigenvalue weighted by atomic mass is 9.98. The first-order valence-electron chi connectivity index (χ1n) is 13.9. The third-order valence-corrected chi connectivity index (χ3v) is 8.39. The molecule has 2 fully saturated rings. The van der Waals surface area contributed by atoms with E-state index in [1.54, 1.807) is 18.9 Å². The normalized spacial score (nSPS) is 25.8. The van der Waals surface area contributed by atoms with Crippen molar-refractivity contribution >= 4 is 11.8 Å². The lowest BCUT2D eigenvalue weighted by molar-refractivity contribution is -0.329. The highest BCUT2D eigenvalue weighted by atomic mass is 32.2. The van der Waals surface area contributed by atoms with Gasteiger partial charge in [0, 0.05) is 10.5 Å². The molecule has 0 aromatic heterocycles. The third-order valence-electron chi connectivity index (χ3n) is 7.24. The fourth-order valence-corrected chi connectivity index (χ4v) is 6.25. The summed E-state index contributed by atoms with van der Waals surface area (Å²) in [5, 5.41) is 0. The number of hydrogen-bond donors (Lipinski definition) is 0. The molecule has 6 nitrogen and oxygen atoms in total. The highest BCUT2D eigenvalue weighted by Gasteiger charge is 2.51. The van der Waals surface area contributed by atoms with Gasteiger partial charge in [0.05, 0.1) is 26.9 Å². The summed E-state index contributed by atoms with van der Waals surface area (Å²) in [5.41, 5.74) is 2.76. The average Bonchev–Trinajstić information content (AvgIpc) is 3.04. The van der Waals surface area contributed by atoms with Crippen LogP contribution in [0.4, 0.5) is 0 Å². The molecule has 2 aliphatic heterocycles. The second-order valence-corrected chi connectivity index (χ2v) is 11.2. The number of fused-ring (bicyclic) bond motifs is 1. The van der Waals surface area contributed by atoms with Gasteiger partial charge in [0.15, 0.2) is 6.29 Å². The van der Waals surface area contributed by atoms with E-state index in [1.165, 1.54) is 0 Å². The van der Waals surface area contributed by atoms with E-state index in [4.69, 9.17) is 28.4 Å². The van der Waals surface area contributed by atoms with Gasteiger partial charge in [-0.3, -0.25) is 0 Å². The smallest absolute Gasteiger partial charge is 0.184 e. The summed E-state index contributed by atoms with van der Waals surface area (Å²) in [4.78, 5) is 1.10. The van der Waals surface area contributed by atoms with Crippen LogP contribution in [0.2, 0.25) is 0 Å². The number of rotatable bonds is 10. The summed E-state index contributed by atoms with van der Waals surface area (Å²) in [6.07, 6.45) is -2.07. The lowest BCUT2D eigenvalue weighted by Crippen LogP contribution is -2.62. The van der Waals surface area contributed by atoms with Crippen LogP contribution in [0, 0.1) is 0 Å². The SMILES string of the molecule is COc1ccc(C2OC[C@H]3O[C@@H](Sc4ccccc4)[C@H](OCc4ccccc4)[C@@H](OCc4ccccc4)[C@@H]3O2)cc1. The number of benzene rings is 4. The van der Waals surface area contributed by atoms with Crippen molar-refractivity contribution < 1.29 is 28.4 Å². The molecule has 0 amide bonds. The van der Waals surface area contributed by atoms with Crippen LogP contribution >= 0.6 is 11.8 Å². The Balaban J connectivity index is 1.29. The molecule has 0 radical (unpaired) electrons. The monoisotopic (exact) mass is 570 g/mol. The molecular formula is C34H34O6S. The Morgan fingerprint density at radius 1 is 0.683 bits per heavy atom. The zero-order valence-electron chi connectivity index (χ0n) is 22.9. The van der Waals surface area contributed by atoms with Crippen LogP contribution in [0.3, 0.4) is 0 Å². The molecule has 2 heterocycles. The van der Waals surface area contributed by atoms with Crippen LogP contribution < -0.4 is 4.74 Å². The Kier molecular flexibility index (Phi) is 9.32. The van der Waals surface area contributed by atoms with E-state index in [1.807, 2.05) is 78.9 Å². The van der Waals surface area contributed by atoms with Crippen LogP contribution in [-0.2, 0) is 36.9 Å². The average molecular weight is 571 g/mol. The van der Waals surface area contributed by atoms with E-state index in [9.17, 15) is 0 Å². The first-order chi connectivity index (χ1) is 20.3. The minimum Gasteiger partial charge on any atom is -0.497 e. The molecule has 212 valence electrons. The standard InChI is InChI=1S/C34H34O6S/c1-35-27-19-17-26(18-20-27)33-38-23-29-30(40-33)31(36-21-24-11-5-2-6-12-24)32(37-22-25-13-7-3-8-14-25)34(39-29)41-28-15-9-4-10-16-28/h2-20,29-34H,21-23H2,1H3/t29-,30-,31+,32-,33?,34+/m1/s1. The first-order valence-corrected chi connectivity index (χ1v) is 14.7. The highest BCUT2D eigenvalue weighted by Crippen LogP contribution is 2.41. The van der Waals surface area contributed by atoms with Crippen molar-refractivity contribution in [1.82, 2.24) is 0 Å². The molecule has 4 aromatic rings. The molecule has 6 rings (SSSR count). The molecule has 7 heteroatoms. The first kappa shape index (κ1) is 28.0. The van der Waals surface area contributed by atoms with Crippen LogP contribution in [0.5, 0.6) is 5.75 Å². The zero-order valence-corrected chi connectivity index (χ0v) is 23.7. The van der Waals surface area contributed by atoms with Crippen molar-refractivity contribution in [3.63, 3.8) is 0 Å². The summed E-state index contributed by atoms with van der Waals surface area (Å²) in [6.45, 7) is 1.24. The highest BCUT2D eigenvalue weighted by molar-refractivity contribution is 7.99. The van der Waals surface area contributed by atoms with Gasteiger partial charge in [-0.1, -0.05) is 103 Å². The molecule has 4 aromatic carbocycles. The Hall–Kier alpha value is -3.17. The van der Waals surface area contributed by atoms with Crippen molar-refractivity contribution in [3.8, 4) is 5.75 Å². The van der Waals surface area contributed by atoms with E-state index < -0.39 is 24.6 Å². The fraction of sp³-hybridized carbons (Fsp3) is 0.294. The molecule has 2 saturated heterocycles. The molecule has 1 unspecified atom stereocenters. The summed E-state index contributed by atoms with van der Waals surface area (Å²) < 4.78 is 38.2. The Bertz CT molecular complexity index is 1340. The quantitative estimate of drug-likeness (QED) is 0.208. The van der Waals surface area contributed by atoms with E-state index >= 15 is 0 Å². The van der Waals surface area contributed by atoms with Gasteiger partial charge in [-0.05, 0) is 35.4 Å². The fourth-order valence-electron chi connectivity index (χ4n) is 5.10. The van der Waals surface area contributed by atoms with Crippen molar-refractivity contribution in [2.24, 2.45) is 0 Å². The summed E-state index contributed by atoms with van der Waals surface area (Å²) in [6, 6.07) is 38.4. The molecule has 41 heavy (non-hydrogen) atoms. The van der Waals surface area contributed by atoms with Gasteiger partial charge >= 0.3 is 0 Å². The topological polar surface area (TPSA) is 55.4 Å². The molecule has 0 saturated carbocycles. The van der Waals surface area contributed by atoms with Crippen LogP contribution in [-0.4, -0.2) is 43.6 Å². The van der Waals surface area contributed by atoms with Crippen LogP contribution in [0.15, 0.2) is 120 Å². The predicted octanol–water partition coefficient (Wildman–Crippen LogP) is 6.80. The third kappa shape index (κ3) is 7.01. The number of methoxy groups -OCH3 is 1. The maximum absolute atomic E-state index is 6.71. The van der Waals surface area contributed by atoms with Gasteiger partial charge in [0.1, 0.15) is 35.6 Å².